The molecule has 8 nitrogen and oxygen atoms in total. The van der Waals surface area contributed by atoms with Crippen molar-refractivity contribution in [3.8, 4) is 11.5 Å². The summed E-state index contributed by atoms with van der Waals surface area (Å²) in [6, 6.07) is 18.1. The SMILES string of the molecule is COC(=O)[C@H]1Oc2ccccc2[C@@H](c2cc(C(C)(C)C)c(O)c(C(C)(C)C)c2)[C@]12C(=O)N(C(=O)OC(C)(C)C)c1ccccc12. The van der Waals surface area contributed by atoms with E-state index < -0.39 is 51.8 Å². The summed E-state index contributed by atoms with van der Waals surface area (Å²) in [5, 5.41) is 11.6. The van der Waals surface area contributed by atoms with Gasteiger partial charge in [-0.25, -0.2) is 14.5 Å². The molecule has 0 aliphatic carbocycles. The third kappa shape index (κ3) is 5.14. The van der Waals surface area contributed by atoms with Crippen LogP contribution in [0.15, 0.2) is 60.7 Å². The molecule has 1 N–H and O–H groups in total. The first-order chi connectivity index (χ1) is 20.8. The van der Waals surface area contributed by atoms with Crippen molar-refractivity contribution in [1.29, 1.82) is 0 Å². The summed E-state index contributed by atoms with van der Waals surface area (Å²) in [4.78, 5) is 43.8. The van der Waals surface area contributed by atoms with Crippen LogP contribution in [0.25, 0.3) is 0 Å². The highest BCUT2D eigenvalue weighted by molar-refractivity contribution is 6.23. The molecule has 0 fully saturated rings. The third-order valence-electron chi connectivity index (χ3n) is 8.56. The van der Waals surface area contributed by atoms with Crippen LogP contribution in [-0.2, 0) is 35.3 Å². The second kappa shape index (κ2) is 10.6. The van der Waals surface area contributed by atoms with Gasteiger partial charge in [0.2, 0.25) is 6.10 Å². The van der Waals surface area contributed by atoms with E-state index in [0.717, 1.165) is 4.90 Å². The van der Waals surface area contributed by atoms with Crippen LogP contribution in [0, 0.1) is 0 Å². The van der Waals surface area contributed by atoms with Gasteiger partial charge >= 0.3 is 12.1 Å². The quantitative estimate of drug-likeness (QED) is 0.303. The molecular weight excluding hydrogens is 570 g/mol. The van der Waals surface area contributed by atoms with Gasteiger partial charge in [0.15, 0.2) is 0 Å². The van der Waals surface area contributed by atoms with E-state index in [2.05, 4.69) is 0 Å². The van der Waals surface area contributed by atoms with Crippen LogP contribution < -0.4 is 9.64 Å². The lowest BCUT2D eigenvalue weighted by Crippen LogP contribution is -2.61. The molecule has 1 spiro atoms. The predicted octanol–water partition coefficient (Wildman–Crippen LogP) is 7.27. The molecule has 3 aromatic carbocycles. The Morgan fingerprint density at radius 2 is 1.42 bits per heavy atom. The van der Waals surface area contributed by atoms with E-state index in [1.54, 1.807) is 57.2 Å². The van der Waals surface area contributed by atoms with Crippen LogP contribution in [0.4, 0.5) is 10.5 Å². The monoisotopic (exact) mass is 613 g/mol. The fraction of sp³-hybridized carbons (Fsp3) is 0.432. The molecule has 0 saturated carbocycles. The van der Waals surface area contributed by atoms with Gasteiger partial charge in [-0.3, -0.25) is 4.79 Å². The van der Waals surface area contributed by atoms with Crippen LogP contribution in [0.2, 0.25) is 0 Å². The average Bonchev–Trinajstić information content (AvgIpc) is 3.19. The normalized spacial score (nSPS) is 21.2. The number of methoxy groups -OCH3 is 1. The number of hydrogen-bond donors (Lipinski definition) is 1. The Morgan fingerprint density at radius 1 is 0.867 bits per heavy atom. The second-order valence-electron chi connectivity index (χ2n) is 15.0. The van der Waals surface area contributed by atoms with Gasteiger partial charge in [-0.2, -0.15) is 0 Å². The van der Waals surface area contributed by atoms with Crippen molar-refractivity contribution in [3.63, 3.8) is 0 Å². The zero-order valence-electron chi connectivity index (χ0n) is 27.8. The number of nitrogens with zero attached hydrogens (tertiary/aromatic N) is 1. The number of esters is 1. The molecular formula is C37H43NO7. The van der Waals surface area contributed by atoms with Gasteiger partial charge < -0.3 is 19.3 Å². The Labute approximate surface area is 265 Å². The summed E-state index contributed by atoms with van der Waals surface area (Å²) in [6.07, 6.45) is -2.30. The summed E-state index contributed by atoms with van der Waals surface area (Å²) < 4.78 is 17.5. The highest BCUT2D eigenvalue weighted by Crippen LogP contribution is 2.60. The maximum Gasteiger partial charge on any atom is 0.421 e. The molecule has 0 aromatic heterocycles. The molecule has 2 heterocycles. The number of rotatable bonds is 2. The van der Waals surface area contributed by atoms with E-state index in [1.807, 2.05) is 65.8 Å². The van der Waals surface area contributed by atoms with Crippen molar-refractivity contribution in [3.05, 3.63) is 88.5 Å². The van der Waals surface area contributed by atoms with Gasteiger partial charge in [-0.1, -0.05) is 90.1 Å². The fourth-order valence-electron chi connectivity index (χ4n) is 6.64. The molecule has 3 aromatic rings. The Bertz CT molecular complexity index is 1650. The predicted molar refractivity (Wildman–Crippen MR) is 172 cm³/mol. The number of phenolic OH excluding ortho intramolecular Hbond substituents is 1. The van der Waals surface area contributed by atoms with E-state index in [4.69, 9.17) is 14.2 Å². The molecule has 5 rings (SSSR count). The molecule has 2 aliphatic heterocycles. The molecule has 0 bridgehead atoms. The summed E-state index contributed by atoms with van der Waals surface area (Å²) in [6.45, 7) is 17.3. The molecule has 238 valence electrons. The number of carbonyl (C=O) groups is 3. The van der Waals surface area contributed by atoms with Crippen LogP contribution in [0.3, 0.4) is 0 Å². The number of ether oxygens (including phenoxy) is 3. The number of fused-ring (bicyclic) bond motifs is 3. The van der Waals surface area contributed by atoms with Gasteiger partial charge in [0.05, 0.1) is 12.8 Å². The summed E-state index contributed by atoms with van der Waals surface area (Å²) in [5.74, 6) is -1.63. The van der Waals surface area contributed by atoms with Crippen LogP contribution >= 0.6 is 0 Å². The van der Waals surface area contributed by atoms with E-state index in [0.29, 0.717) is 39.3 Å². The highest BCUT2D eigenvalue weighted by Gasteiger charge is 2.68. The number of amides is 2. The zero-order valence-corrected chi connectivity index (χ0v) is 27.8. The van der Waals surface area contributed by atoms with Gasteiger partial charge in [-0.05, 0) is 66.0 Å². The smallest absolute Gasteiger partial charge is 0.421 e. The van der Waals surface area contributed by atoms with Crippen molar-refractivity contribution in [2.75, 3.05) is 12.0 Å². The van der Waals surface area contributed by atoms with E-state index in [9.17, 15) is 14.7 Å². The van der Waals surface area contributed by atoms with Crippen LogP contribution in [0.5, 0.6) is 11.5 Å². The van der Waals surface area contributed by atoms with E-state index in [1.165, 1.54) is 7.11 Å². The molecule has 45 heavy (non-hydrogen) atoms. The minimum atomic E-state index is -1.77. The van der Waals surface area contributed by atoms with Crippen molar-refractivity contribution in [2.24, 2.45) is 0 Å². The Hall–Kier alpha value is -4.33. The number of benzene rings is 3. The maximum absolute atomic E-state index is 15.2. The zero-order chi connectivity index (χ0) is 33.3. The standard InChI is InChI=1S/C37H43NO7/c1-34(2,3)24-19-21(20-25(29(24)39)35(4,5)6)28-22-15-11-14-18-27(22)44-30(31(40)43-10)37(28)23-16-12-13-17-26(23)38(32(37)41)33(42)45-36(7,8)9/h11-20,28,30,39H,1-10H3/t28-,30-,37+/m1/s1. The molecule has 0 saturated heterocycles. The average molecular weight is 614 g/mol. The number of anilines is 1. The van der Waals surface area contributed by atoms with Gasteiger partial charge in [0, 0.05) is 11.5 Å². The van der Waals surface area contributed by atoms with Gasteiger partial charge in [0.25, 0.3) is 5.91 Å². The Kier molecular flexibility index (Phi) is 7.58. The van der Waals surface area contributed by atoms with Crippen molar-refractivity contribution in [1.82, 2.24) is 0 Å². The van der Waals surface area contributed by atoms with E-state index in [-0.39, 0.29) is 5.75 Å². The molecule has 0 radical (unpaired) electrons. The first kappa shape index (κ1) is 32.1. The lowest BCUT2D eigenvalue weighted by Gasteiger charge is -2.46. The first-order valence-electron chi connectivity index (χ1n) is 15.2. The molecule has 8 heteroatoms. The van der Waals surface area contributed by atoms with Crippen LogP contribution in [-0.4, -0.2) is 41.9 Å². The number of aromatic hydroxyl groups is 1. The number of carbonyl (C=O) groups excluding carboxylic acids is 3. The van der Waals surface area contributed by atoms with Gasteiger partial charge in [0.1, 0.15) is 22.5 Å². The Balaban J connectivity index is 1.94. The minimum Gasteiger partial charge on any atom is -0.507 e. The minimum absolute atomic E-state index is 0.186. The largest absolute Gasteiger partial charge is 0.507 e. The molecule has 2 aliphatic rings. The summed E-state index contributed by atoms with van der Waals surface area (Å²) in [7, 11) is 1.25. The molecule has 2 amide bonds. The lowest BCUT2D eigenvalue weighted by atomic mass is 9.60. The van der Waals surface area contributed by atoms with Crippen LogP contribution in [0.1, 0.15) is 96.0 Å². The number of phenols is 1. The van der Waals surface area contributed by atoms with Crippen molar-refractivity contribution in [2.45, 2.75) is 96.2 Å². The van der Waals surface area contributed by atoms with Gasteiger partial charge in [-0.15, -0.1) is 0 Å². The second-order valence-corrected chi connectivity index (χ2v) is 15.0. The highest BCUT2D eigenvalue weighted by atomic mass is 16.6. The number of hydrogen-bond acceptors (Lipinski definition) is 7. The topological polar surface area (TPSA) is 102 Å². The number of para-hydroxylation sites is 2. The number of imide groups is 1. The summed E-state index contributed by atoms with van der Waals surface area (Å²) in [5.41, 5.74) is -0.0981. The molecule has 0 unspecified atom stereocenters. The van der Waals surface area contributed by atoms with Crippen molar-refractivity contribution >= 4 is 23.7 Å². The molecule has 3 atom stereocenters. The summed E-state index contributed by atoms with van der Waals surface area (Å²) >= 11 is 0. The van der Waals surface area contributed by atoms with E-state index >= 15 is 4.79 Å². The maximum atomic E-state index is 15.2. The third-order valence-corrected chi connectivity index (χ3v) is 8.56. The Morgan fingerprint density at radius 3 is 1.98 bits per heavy atom. The first-order valence-corrected chi connectivity index (χ1v) is 15.2. The lowest BCUT2D eigenvalue weighted by molar-refractivity contribution is -0.157. The van der Waals surface area contributed by atoms with Crippen molar-refractivity contribution < 1.29 is 33.7 Å². The fourth-order valence-corrected chi connectivity index (χ4v) is 6.64.